The summed E-state index contributed by atoms with van der Waals surface area (Å²) in [6.07, 6.45) is -0.609. The maximum absolute atomic E-state index is 12.8. The highest BCUT2D eigenvalue weighted by atomic mass is 79.9. The first-order valence-electron chi connectivity index (χ1n) is 9.52. The Kier molecular flexibility index (Phi) is 6.89. The Bertz CT molecular complexity index is 986. The highest BCUT2D eigenvalue weighted by molar-refractivity contribution is 9.09. The first kappa shape index (κ1) is 22.4. The lowest BCUT2D eigenvalue weighted by atomic mass is 9.90. The highest BCUT2D eigenvalue weighted by Crippen LogP contribution is 2.45. The summed E-state index contributed by atoms with van der Waals surface area (Å²) in [5, 5.41) is 9.16. The third-order valence-corrected chi connectivity index (χ3v) is 7.62. The number of hydrogen-bond donors (Lipinski definition) is 0. The summed E-state index contributed by atoms with van der Waals surface area (Å²) < 4.78 is 11.9. The molecule has 0 radical (unpaired) electrons. The molecule has 1 heterocycles. The zero-order chi connectivity index (χ0) is 21.9. The Hall–Kier alpha value is -2.30. The number of ether oxygens (including phenoxy) is 2. The standard InChI is InChI=1S/C23H22BrNO4S/c1-14(13-30-22(27)16-7-5-4-6-8-16)21(26)28-19-17-11-15(12-25)9-10-18(17)29-23(2,3)20(19)24/h4-11,14,19-20H,13H2,1-3H3/t14-,19+,20-/m1/s1. The van der Waals surface area contributed by atoms with Crippen molar-refractivity contribution in [3.63, 3.8) is 0 Å². The molecule has 2 aromatic rings. The van der Waals surface area contributed by atoms with Crippen molar-refractivity contribution < 1.29 is 19.1 Å². The van der Waals surface area contributed by atoms with Crippen molar-refractivity contribution in [2.45, 2.75) is 37.3 Å². The lowest BCUT2D eigenvalue weighted by molar-refractivity contribution is -0.156. The van der Waals surface area contributed by atoms with E-state index in [2.05, 4.69) is 22.0 Å². The van der Waals surface area contributed by atoms with Gasteiger partial charge in [-0.05, 0) is 32.0 Å². The molecule has 1 aliphatic heterocycles. The summed E-state index contributed by atoms with van der Waals surface area (Å²) in [6, 6.07) is 16.2. The van der Waals surface area contributed by atoms with Gasteiger partial charge in [0.1, 0.15) is 17.5 Å². The van der Waals surface area contributed by atoms with Crippen LogP contribution in [0.1, 0.15) is 48.4 Å². The second-order valence-corrected chi connectivity index (χ2v) is 9.67. The lowest BCUT2D eigenvalue weighted by Crippen LogP contribution is -2.47. The predicted octanol–water partition coefficient (Wildman–Crippen LogP) is 5.29. The molecule has 0 aliphatic carbocycles. The molecule has 0 saturated heterocycles. The van der Waals surface area contributed by atoms with Crippen molar-refractivity contribution in [2.24, 2.45) is 5.92 Å². The van der Waals surface area contributed by atoms with E-state index in [1.54, 1.807) is 37.3 Å². The van der Waals surface area contributed by atoms with Gasteiger partial charge in [-0.25, -0.2) is 0 Å². The molecule has 0 bridgehead atoms. The molecule has 3 rings (SSSR count). The molecule has 2 aromatic carbocycles. The zero-order valence-electron chi connectivity index (χ0n) is 16.9. The van der Waals surface area contributed by atoms with Crippen LogP contribution < -0.4 is 4.74 Å². The fraction of sp³-hybridized carbons (Fsp3) is 0.348. The van der Waals surface area contributed by atoms with Crippen molar-refractivity contribution in [3.05, 3.63) is 65.2 Å². The summed E-state index contributed by atoms with van der Waals surface area (Å²) in [6.45, 7) is 5.56. The van der Waals surface area contributed by atoms with Crippen molar-refractivity contribution in [1.29, 1.82) is 5.26 Å². The molecule has 3 atom stereocenters. The van der Waals surface area contributed by atoms with Crippen molar-refractivity contribution >= 4 is 38.8 Å². The van der Waals surface area contributed by atoms with Crippen LogP contribution in [0, 0.1) is 17.2 Å². The maximum Gasteiger partial charge on any atom is 0.310 e. The number of benzene rings is 2. The van der Waals surface area contributed by atoms with Gasteiger partial charge < -0.3 is 9.47 Å². The van der Waals surface area contributed by atoms with Gasteiger partial charge in [0.15, 0.2) is 0 Å². The number of nitriles is 1. The molecule has 5 nitrogen and oxygen atoms in total. The monoisotopic (exact) mass is 487 g/mol. The molecule has 0 unspecified atom stereocenters. The van der Waals surface area contributed by atoms with Gasteiger partial charge >= 0.3 is 5.97 Å². The number of halogens is 1. The third-order valence-electron chi connectivity index (χ3n) is 4.87. The van der Waals surface area contributed by atoms with Gasteiger partial charge in [0.25, 0.3) is 0 Å². The minimum Gasteiger partial charge on any atom is -0.486 e. The number of hydrogen-bond acceptors (Lipinski definition) is 6. The Morgan fingerprint density at radius 1 is 1.27 bits per heavy atom. The van der Waals surface area contributed by atoms with Crippen LogP contribution >= 0.6 is 27.7 Å². The van der Waals surface area contributed by atoms with E-state index in [0.29, 0.717) is 28.2 Å². The minimum absolute atomic E-state index is 0.0789. The topological polar surface area (TPSA) is 76.4 Å². The average molecular weight is 488 g/mol. The van der Waals surface area contributed by atoms with Gasteiger partial charge in [0.2, 0.25) is 5.12 Å². The molecule has 0 amide bonds. The summed E-state index contributed by atoms with van der Waals surface area (Å²) in [5.41, 5.74) is 1.11. The summed E-state index contributed by atoms with van der Waals surface area (Å²) in [7, 11) is 0. The molecule has 7 heteroatoms. The van der Waals surface area contributed by atoms with E-state index in [0.717, 1.165) is 11.8 Å². The number of thioether (sulfide) groups is 1. The normalized spacial score (nSPS) is 20.2. The molecule has 1 aliphatic rings. The molecule has 156 valence electrons. The van der Waals surface area contributed by atoms with E-state index in [9.17, 15) is 14.9 Å². The van der Waals surface area contributed by atoms with Crippen LogP contribution in [0.15, 0.2) is 48.5 Å². The second kappa shape index (κ2) is 9.23. The lowest BCUT2D eigenvalue weighted by Gasteiger charge is -2.41. The SMILES string of the molecule is C[C@H](CSC(=O)c1ccccc1)C(=O)O[C@H]1c2cc(C#N)ccc2OC(C)(C)[C@@H]1Br. The number of rotatable bonds is 5. The van der Waals surface area contributed by atoms with E-state index >= 15 is 0 Å². The molecule has 0 aromatic heterocycles. The fourth-order valence-corrected chi connectivity index (χ4v) is 4.41. The Morgan fingerprint density at radius 3 is 2.63 bits per heavy atom. The first-order chi connectivity index (χ1) is 14.2. The summed E-state index contributed by atoms with van der Waals surface area (Å²) >= 11 is 4.72. The van der Waals surface area contributed by atoms with Crippen molar-refractivity contribution in [3.8, 4) is 11.8 Å². The number of carbonyl (C=O) groups is 2. The predicted molar refractivity (Wildman–Crippen MR) is 120 cm³/mol. The van der Waals surface area contributed by atoms with Crippen LogP contribution in [0.3, 0.4) is 0 Å². The molecular formula is C23H22BrNO4S. The van der Waals surface area contributed by atoms with Gasteiger partial charge in [0, 0.05) is 16.9 Å². The van der Waals surface area contributed by atoms with Crippen LogP contribution in [-0.4, -0.2) is 27.3 Å². The largest absolute Gasteiger partial charge is 0.486 e. The smallest absolute Gasteiger partial charge is 0.310 e. The van der Waals surface area contributed by atoms with Crippen LogP contribution in [0.5, 0.6) is 5.75 Å². The van der Waals surface area contributed by atoms with Crippen molar-refractivity contribution in [2.75, 3.05) is 5.75 Å². The van der Waals surface area contributed by atoms with E-state index in [1.165, 1.54) is 0 Å². The Labute approximate surface area is 188 Å². The molecule has 0 spiro atoms. The summed E-state index contributed by atoms with van der Waals surface area (Å²) in [5.74, 6) is 0.0329. The van der Waals surface area contributed by atoms with Gasteiger partial charge in [-0.15, -0.1) is 0 Å². The van der Waals surface area contributed by atoms with Crippen LogP contribution in [-0.2, 0) is 9.53 Å². The quantitative estimate of drug-likeness (QED) is 0.421. The Morgan fingerprint density at radius 2 is 1.97 bits per heavy atom. The number of fused-ring (bicyclic) bond motifs is 1. The first-order valence-corrected chi connectivity index (χ1v) is 11.4. The van der Waals surface area contributed by atoms with E-state index < -0.39 is 23.6 Å². The van der Waals surface area contributed by atoms with Gasteiger partial charge in [-0.2, -0.15) is 5.26 Å². The number of nitrogens with zero attached hydrogens (tertiary/aromatic N) is 1. The van der Waals surface area contributed by atoms with Gasteiger partial charge in [0.05, 0.1) is 22.4 Å². The molecule has 0 N–H and O–H groups in total. The van der Waals surface area contributed by atoms with Crippen molar-refractivity contribution in [1.82, 2.24) is 0 Å². The van der Waals surface area contributed by atoms with Crippen LogP contribution in [0.2, 0.25) is 0 Å². The maximum atomic E-state index is 12.8. The average Bonchev–Trinajstić information content (AvgIpc) is 2.75. The van der Waals surface area contributed by atoms with Crippen LogP contribution in [0.25, 0.3) is 0 Å². The molecule has 30 heavy (non-hydrogen) atoms. The number of carbonyl (C=O) groups excluding carboxylic acids is 2. The Balaban J connectivity index is 1.72. The highest BCUT2D eigenvalue weighted by Gasteiger charge is 2.45. The van der Waals surface area contributed by atoms with E-state index in [-0.39, 0.29) is 9.94 Å². The van der Waals surface area contributed by atoms with Gasteiger partial charge in [-0.3, -0.25) is 9.59 Å². The number of esters is 1. The number of alkyl halides is 1. The minimum atomic E-state index is -0.618. The van der Waals surface area contributed by atoms with E-state index in [1.807, 2.05) is 32.0 Å². The van der Waals surface area contributed by atoms with Gasteiger partial charge in [-0.1, -0.05) is 64.9 Å². The fourth-order valence-electron chi connectivity index (χ4n) is 3.09. The molecular weight excluding hydrogens is 466 g/mol. The molecule has 0 fully saturated rings. The van der Waals surface area contributed by atoms with E-state index in [4.69, 9.17) is 9.47 Å². The van der Waals surface area contributed by atoms with Crippen LogP contribution in [0.4, 0.5) is 0 Å². The third kappa shape index (κ3) is 4.88. The molecule has 0 saturated carbocycles. The second-order valence-electron chi connectivity index (χ2n) is 7.69. The zero-order valence-corrected chi connectivity index (χ0v) is 19.3. The summed E-state index contributed by atoms with van der Waals surface area (Å²) in [4.78, 5) is 24.8.